The molecule has 4 rings (SSSR count). The largest absolute Gasteiger partial charge is 0.480 e. The normalized spacial score (nSPS) is 24.3. The number of aliphatic carboxylic acids is 1. The van der Waals surface area contributed by atoms with Gasteiger partial charge in [-0.3, -0.25) is 9.59 Å². The molecule has 172 valence electrons. The van der Waals surface area contributed by atoms with E-state index < -0.39 is 18.1 Å². The summed E-state index contributed by atoms with van der Waals surface area (Å²) in [5.41, 5.74) is 3.09. The molecule has 1 aromatic heterocycles. The van der Waals surface area contributed by atoms with E-state index in [-0.39, 0.29) is 29.7 Å². The number of hydrogen-bond acceptors (Lipinski definition) is 3. The second-order valence-electron chi connectivity index (χ2n) is 9.82. The monoisotopic (exact) mass is 439 g/mol. The smallest absolute Gasteiger partial charge is 0.326 e. The Morgan fingerprint density at radius 2 is 1.97 bits per heavy atom. The number of hydrogen-bond donors (Lipinski definition) is 3. The van der Waals surface area contributed by atoms with Gasteiger partial charge < -0.3 is 20.3 Å². The average molecular weight is 440 g/mol. The molecule has 2 aliphatic rings. The number of H-pyrrole nitrogens is 1. The third-order valence-electron chi connectivity index (χ3n) is 7.20. The topological polar surface area (TPSA) is 103 Å². The first kappa shape index (κ1) is 22.4. The van der Waals surface area contributed by atoms with Gasteiger partial charge in [-0.2, -0.15) is 0 Å². The van der Waals surface area contributed by atoms with Crippen LogP contribution >= 0.6 is 0 Å². The van der Waals surface area contributed by atoms with Crippen LogP contribution in [0, 0.1) is 17.8 Å². The van der Waals surface area contributed by atoms with Gasteiger partial charge in [0.15, 0.2) is 0 Å². The van der Waals surface area contributed by atoms with Crippen molar-refractivity contribution >= 4 is 28.7 Å². The maximum Gasteiger partial charge on any atom is 0.326 e. The standard InChI is InChI=1S/C25H33N3O4/c1-5-14(4)21(25(31)32)27-23(29)20-12-17-16-8-6-7-9-18(16)26-22(17)19-11-15(10-13(2)3)24(30)28(19)20/h6-9,13-15,19-21,26H,5,10-12H2,1-4H3,(H,27,29)(H,31,32)/t14-,15?,19+,20-,21-/m0/s1. The Labute approximate surface area is 188 Å². The number of fused-ring (bicyclic) bond motifs is 5. The number of nitrogens with one attached hydrogen (secondary N) is 2. The van der Waals surface area contributed by atoms with Gasteiger partial charge in [-0.1, -0.05) is 52.3 Å². The van der Waals surface area contributed by atoms with Gasteiger partial charge in [-0.25, -0.2) is 4.79 Å². The molecule has 1 fully saturated rings. The molecule has 0 spiro atoms. The zero-order chi connectivity index (χ0) is 23.2. The van der Waals surface area contributed by atoms with Crippen molar-refractivity contribution in [3.8, 4) is 0 Å². The Hall–Kier alpha value is -2.83. The highest BCUT2D eigenvalue weighted by Gasteiger charge is 2.50. The minimum absolute atomic E-state index is 0.00331. The molecule has 7 heteroatoms. The first-order chi connectivity index (χ1) is 15.2. The van der Waals surface area contributed by atoms with Gasteiger partial charge in [-0.05, 0) is 36.3 Å². The summed E-state index contributed by atoms with van der Waals surface area (Å²) in [6.07, 6.45) is 2.47. The maximum absolute atomic E-state index is 13.4. The molecule has 3 N–H and O–H groups in total. The summed E-state index contributed by atoms with van der Waals surface area (Å²) in [6, 6.07) is 6.13. The predicted octanol–water partition coefficient (Wildman–Crippen LogP) is 3.64. The van der Waals surface area contributed by atoms with Crippen molar-refractivity contribution in [1.82, 2.24) is 15.2 Å². The van der Waals surface area contributed by atoms with Crippen LogP contribution in [0.1, 0.15) is 64.3 Å². The van der Waals surface area contributed by atoms with Gasteiger partial charge >= 0.3 is 5.97 Å². The highest BCUT2D eigenvalue weighted by Crippen LogP contribution is 2.46. The van der Waals surface area contributed by atoms with Crippen molar-refractivity contribution in [2.45, 2.75) is 71.5 Å². The first-order valence-corrected chi connectivity index (χ1v) is 11.7. The maximum atomic E-state index is 13.4. The molecule has 0 saturated carbocycles. The molecule has 2 aliphatic heterocycles. The quantitative estimate of drug-likeness (QED) is 0.613. The van der Waals surface area contributed by atoms with Gasteiger partial charge in [0.2, 0.25) is 11.8 Å². The van der Waals surface area contributed by atoms with Crippen molar-refractivity contribution in [2.24, 2.45) is 17.8 Å². The summed E-state index contributed by atoms with van der Waals surface area (Å²) in [5, 5.41) is 13.5. The van der Waals surface area contributed by atoms with Gasteiger partial charge in [-0.15, -0.1) is 0 Å². The number of carboxylic acids is 1. The lowest BCUT2D eigenvalue weighted by molar-refractivity contribution is -0.146. The second kappa shape index (κ2) is 8.60. The molecule has 2 amide bonds. The number of carbonyl (C=O) groups is 3. The predicted molar refractivity (Wildman–Crippen MR) is 122 cm³/mol. The molecule has 0 aliphatic carbocycles. The zero-order valence-corrected chi connectivity index (χ0v) is 19.2. The van der Waals surface area contributed by atoms with Crippen LogP contribution in [-0.4, -0.2) is 44.9 Å². The van der Waals surface area contributed by atoms with E-state index in [4.69, 9.17) is 0 Å². The molecule has 1 aromatic carbocycles. The number of nitrogens with zero attached hydrogens (tertiary/aromatic N) is 1. The van der Waals surface area contributed by atoms with E-state index in [1.54, 1.807) is 4.90 Å². The number of rotatable bonds is 7. The van der Waals surface area contributed by atoms with Gasteiger partial charge in [0, 0.05) is 28.9 Å². The van der Waals surface area contributed by atoms with E-state index >= 15 is 0 Å². The third-order valence-corrected chi connectivity index (χ3v) is 7.20. The molecular formula is C25H33N3O4. The molecule has 7 nitrogen and oxygen atoms in total. The van der Waals surface area contributed by atoms with Gasteiger partial charge in [0.25, 0.3) is 0 Å². The minimum Gasteiger partial charge on any atom is -0.480 e. The number of carboxylic acid groups (broad SMARTS) is 1. The Kier molecular flexibility index (Phi) is 6.01. The van der Waals surface area contributed by atoms with Gasteiger partial charge in [0.05, 0.1) is 6.04 Å². The van der Waals surface area contributed by atoms with E-state index in [9.17, 15) is 19.5 Å². The Bertz CT molecular complexity index is 1040. The van der Waals surface area contributed by atoms with Crippen LogP contribution in [0.25, 0.3) is 10.9 Å². The van der Waals surface area contributed by atoms with Crippen LogP contribution in [0.4, 0.5) is 0 Å². The van der Waals surface area contributed by atoms with Crippen molar-refractivity contribution in [2.75, 3.05) is 0 Å². The number of carbonyl (C=O) groups excluding carboxylic acids is 2. The summed E-state index contributed by atoms with van der Waals surface area (Å²) in [4.78, 5) is 43.9. The summed E-state index contributed by atoms with van der Waals surface area (Å²) < 4.78 is 0. The zero-order valence-electron chi connectivity index (χ0n) is 19.2. The summed E-state index contributed by atoms with van der Waals surface area (Å²) >= 11 is 0. The van der Waals surface area contributed by atoms with E-state index in [0.29, 0.717) is 25.2 Å². The van der Waals surface area contributed by atoms with E-state index in [2.05, 4.69) is 24.1 Å². The van der Waals surface area contributed by atoms with Crippen LogP contribution in [0.3, 0.4) is 0 Å². The number of aromatic nitrogens is 1. The molecule has 1 saturated heterocycles. The van der Waals surface area contributed by atoms with Crippen molar-refractivity contribution < 1.29 is 19.5 Å². The van der Waals surface area contributed by atoms with Crippen molar-refractivity contribution in [1.29, 1.82) is 0 Å². The van der Waals surface area contributed by atoms with E-state index in [1.807, 2.05) is 38.1 Å². The lowest BCUT2D eigenvalue weighted by atomic mass is 9.89. The molecule has 3 heterocycles. The summed E-state index contributed by atoms with van der Waals surface area (Å²) in [6.45, 7) is 7.93. The highest BCUT2D eigenvalue weighted by molar-refractivity contribution is 5.95. The summed E-state index contributed by atoms with van der Waals surface area (Å²) in [5.74, 6) is -1.37. The lowest BCUT2D eigenvalue weighted by Gasteiger charge is -2.37. The second-order valence-corrected chi connectivity index (χ2v) is 9.82. The fourth-order valence-corrected chi connectivity index (χ4v) is 5.41. The van der Waals surface area contributed by atoms with Crippen LogP contribution in [0.2, 0.25) is 0 Å². The molecule has 5 atom stereocenters. The third kappa shape index (κ3) is 3.78. The molecular weight excluding hydrogens is 406 g/mol. The highest BCUT2D eigenvalue weighted by atomic mass is 16.4. The summed E-state index contributed by atoms with van der Waals surface area (Å²) in [7, 11) is 0. The fraction of sp³-hybridized carbons (Fsp3) is 0.560. The van der Waals surface area contributed by atoms with Crippen LogP contribution in [-0.2, 0) is 20.8 Å². The first-order valence-electron chi connectivity index (χ1n) is 11.7. The van der Waals surface area contributed by atoms with Crippen LogP contribution in [0.15, 0.2) is 24.3 Å². The molecule has 1 unspecified atom stereocenters. The SMILES string of the molecule is CC[C@H](C)[C@H](NC(=O)[C@@H]1Cc2c([nH]c3ccccc23)[C@H]2CC(CC(C)C)C(=O)N21)C(=O)O. The van der Waals surface area contributed by atoms with Crippen LogP contribution < -0.4 is 5.32 Å². The Morgan fingerprint density at radius 1 is 1.25 bits per heavy atom. The molecule has 2 aromatic rings. The molecule has 0 bridgehead atoms. The fourth-order valence-electron chi connectivity index (χ4n) is 5.41. The minimum atomic E-state index is -1.04. The lowest BCUT2D eigenvalue weighted by Crippen LogP contribution is -2.56. The van der Waals surface area contributed by atoms with E-state index in [1.165, 1.54) is 0 Å². The average Bonchev–Trinajstić information content (AvgIpc) is 3.28. The van der Waals surface area contributed by atoms with E-state index in [0.717, 1.165) is 28.6 Å². The Morgan fingerprint density at radius 3 is 2.62 bits per heavy atom. The van der Waals surface area contributed by atoms with Gasteiger partial charge in [0.1, 0.15) is 12.1 Å². The van der Waals surface area contributed by atoms with Crippen molar-refractivity contribution in [3.63, 3.8) is 0 Å². The molecule has 32 heavy (non-hydrogen) atoms. The number of aromatic amines is 1. The van der Waals surface area contributed by atoms with Crippen LogP contribution in [0.5, 0.6) is 0 Å². The Balaban J connectivity index is 1.72. The number of amides is 2. The molecule has 0 radical (unpaired) electrons. The van der Waals surface area contributed by atoms with Crippen molar-refractivity contribution in [3.05, 3.63) is 35.5 Å². The number of benzene rings is 1. The number of para-hydroxylation sites is 1.